The molecule has 1 unspecified atom stereocenters. The molecule has 1 aromatic carbocycles. The first kappa shape index (κ1) is 12.9. The van der Waals surface area contributed by atoms with Crippen molar-refractivity contribution in [3.05, 3.63) is 35.9 Å². The first-order valence-electron chi connectivity index (χ1n) is 6.44. The molecule has 1 fully saturated rings. The molecule has 1 aromatic rings. The molecule has 0 bridgehead atoms. The third-order valence-electron chi connectivity index (χ3n) is 3.28. The van der Waals surface area contributed by atoms with E-state index in [2.05, 4.69) is 59.2 Å². The minimum Gasteiger partial charge on any atom is -0.309 e. The standard InChI is InChI=1S/C14H22N2S/c1-13(14-5-3-2-4-6-14)15-7-8-16-9-11-17-12-10-16/h2-6,13,15H,7-12H2,1H3. The molecular formula is C14H22N2S. The number of rotatable bonds is 5. The SMILES string of the molecule is CC(NCCN1CCSCC1)c1ccccc1. The lowest BCUT2D eigenvalue weighted by atomic mass is 10.1. The zero-order valence-electron chi connectivity index (χ0n) is 10.6. The molecule has 2 rings (SSSR count). The molecule has 0 radical (unpaired) electrons. The van der Waals surface area contributed by atoms with Gasteiger partial charge in [0.05, 0.1) is 0 Å². The van der Waals surface area contributed by atoms with Gasteiger partial charge in [-0.05, 0) is 12.5 Å². The summed E-state index contributed by atoms with van der Waals surface area (Å²) in [7, 11) is 0. The predicted octanol–water partition coefficient (Wildman–Crippen LogP) is 2.39. The minimum absolute atomic E-state index is 0.454. The van der Waals surface area contributed by atoms with Crippen LogP contribution in [0.3, 0.4) is 0 Å². The summed E-state index contributed by atoms with van der Waals surface area (Å²) in [4.78, 5) is 2.56. The number of nitrogens with one attached hydrogen (secondary N) is 1. The van der Waals surface area contributed by atoms with Crippen molar-refractivity contribution >= 4 is 11.8 Å². The highest BCUT2D eigenvalue weighted by Crippen LogP contribution is 2.11. The molecule has 2 nitrogen and oxygen atoms in total. The first-order chi connectivity index (χ1) is 8.36. The van der Waals surface area contributed by atoms with Gasteiger partial charge in [-0.25, -0.2) is 0 Å². The third kappa shape index (κ3) is 4.34. The molecule has 1 aliphatic heterocycles. The molecule has 1 heterocycles. The number of hydrogen-bond acceptors (Lipinski definition) is 3. The smallest absolute Gasteiger partial charge is 0.0292 e. The van der Waals surface area contributed by atoms with E-state index in [1.807, 2.05) is 0 Å². The maximum absolute atomic E-state index is 3.60. The Balaban J connectivity index is 1.67. The quantitative estimate of drug-likeness (QED) is 0.864. The van der Waals surface area contributed by atoms with E-state index in [0.29, 0.717) is 6.04 Å². The van der Waals surface area contributed by atoms with Crippen molar-refractivity contribution in [2.75, 3.05) is 37.7 Å². The second-order valence-electron chi connectivity index (χ2n) is 4.54. The van der Waals surface area contributed by atoms with Crippen LogP contribution >= 0.6 is 11.8 Å². The molecule has 0 aromatic heterocycles. The Bertz CT molecular complexity index is 309. The van der Waals surface area contributed by atoms with Crippen LogP contribution in [0.25, 0.3) is 0 Å². The lowest BCUT2D eigenvalue weighted by Gasteiger charge is -2.26. The van der Waals surface area contributed by atoms with E-state index in [0.717, 1.165) is 6.54 Å². The van der Waals surface area contributed by atoms with Crippen molar-refractivity contribution in [2.45, 2.75) is 13.0 Å². The van der Waals surface area contributed by atoms with Crippen molar-refractivity contribution in [2.24, 2.45) is 0 Å². The van der Waals surface area contributed by atoms with Crippen LogP contribution in [0.5, 0.6) is 0 Å². The van der Waals surface area contributed by atoms with Crippen LogP contribution in [-0.2, 0) is 0 Å². The van der Waals surface area contributed by atoms with Crippen LogP contribution in [-0.4, -0.2) is 42.6 Å². The van der Waals surface area contributed by atoms with Gasteiger partial charge in [-0.3, -0.25) is 0 Å². The fourth-order valence-corrected chi connectivity index (χ4v) is 3.10. The highest BCUT2D eigenvalue weighted by molar-refractivity contribution is 7.99. The minimum atomic E-state index is 0.454. The summed E-state index contributed by atoms with van der Waals surface area (Å²) in [6, 6.07) is 11.1. The van der Waals surface area contributed by atoms with Crippen LogP contribution in [0.4, 0.5) is 0 Å². The van der Waals surface area contributed by atoms with E-state index < -0.39 is 0 Å². The van der Waals surface area contributed by atoms with Gasteiger partial charge in [0.2, 0.25) is 0 Å². The van der Waals surface area contributed by atoms with Crippen molar-refractivity contribution < 1.29 is 0 Å². The summed E-state index contributed by atoms with van der Waals surface area (Å²) in [5, 5.41) is 3.60. The molecule has 1 saturated heterocycles. The van der Waals surface area contributed by atoms with Gasteiger partial charge in [-0.15, -0.1) is 0 Å². The topological polar surface area (TPSA) is 15.3 Å². The van der Waals surface area contributed by atoms with Crippen molar-refractivity contribution in [3.63, 3.8) is 0 Å². The summed E-state index contributed by atoms with van der Waals surface area (Å²) in [5.74, 6) is 2.60. The van der Waals surface area contributed by atoms with E-state index in [1.165, 1.54) is 36.7 Å². The number of thioether (sulfide) groups is 1. The molecule has 0 amide bonds. The first-order valence-corrected chi connectivity index (χ1v) is 7.60. The Kier molecular flexibility index (Phi) is 5.36. The molecule has 0 aliphatic carbocycles. The average molecular weight is 250 g/mol. The summed E-state index contributed by atoms with van der Waals surface area (Å²) < 4.78 is 0. The number of nitrogens with zero attached hydrogens (tertiary/aromatic N) is 1. The van der Waals surface area contributed by atoms with Crippen LogP contribution in [0.15, 0.2) is 30.3 Å². The normalized spacial score (nSPS) is 19.1. The van der Waals surface area contributed by atoms with Gasteiger partial charge in [-0.1, -0.05) is 30.3 Å². The lowest BCUT2D eigenvalue weighted by molar-refractivity contribution is 0.297. The van der Waals surface area contributed by atoms with E-state index in [-0.39, 0.29) is 0 Å². The Hall–Kier alpha value is -0.510. The Morgan fingerprint density at radius 3 is 2.65 bits per heavy atom. The van der Waals surface area contributed by atoms with E-state index in [9.17, 15) is 0 Å². The van der Waals surface area contributed by atoms with Crippen LogP contribution in [0, 0.1) is 0 Å². The summed E-state index contributed by atoms with van der Waals surface area (Å²) in [5.41, 5.74) is 1.38. The monoisotopic (exact) mass is 250 g/mol. The predicted molar refractivity (Wildman–Crippen MR) is 76.6 cm³/mol. The molecule has 1 N–H and O–H groups in total. The van der Waals surface area contributed by atoms with Crippen molar-refractivity contribution in [3.8, 4) is 0 Å². The maximum Gasteiger partial charge on any atom is 0.0292 e. The number of hydrogen-bond donors (Lipinski definition) is 1. The van der Waals surface area contributed by atoms with Crippen molar-refractivity contribution in [1.82, 2.24) is 10.2 Å². The van der Waals surface area contributed by atoms with Gasteiger partial charge < -0.3 is 10.2 Å². The van der Waals surface area contributed by atoms with Gasteiger partial charge in [0.15, 0.2) is 0 Å². The van der Waals surface area contributed by atoms with Gasteiger partial charge in [0, 0.05) is 43.7 Å². The maximum atomic E-state index is 3.60. The van der Waals surface area contributed by atoms with Crippen LogP contribution in [0.2, 0.25) is 0 Å². The van der Waals surface area contributed by atoms with Gasteiger partial charge in [0.1, 0.15) is 0 Å². The fraction of sp³-hybridized carbons (Fsp3) is 0.571. The molecule has 17 heavy (non-hydrogen) atoms. The summed E-state index contributed by atoms with van der Waals surface area (Å²) >= 11 is 2.07. The highest BCUT2D eigenvalue weighted by atomic mass is 32.2. The van der Waals surface area contributed by atoms with E-state index in [4.69, 9.17) is 0 Å². The Labute approximate surface area is 109 Å². The molecule has 1 aliphatic rings. The summed E-state index contributed by atoms with van der Waals surface area (Å²) in [6.45, 7) is 7.01. The molecule has 3 heteroatoms. The lowest BCUT2D eigenvalue weighted by Crippen LogP contribution is -2.38. The second kappa shape index (κ2) is 7.04. The van der Waals surface area contributed by atoms with Crippen LogP contribution in [0.1, 0.15) is 18.5 Å². The highest BCUT2D eigenvalue weighted by Gasteiger charge is 2.10. The largest absolute Gasteiger partial charge is 0.309 e. The average Bonchev–Trinajstić information content (AvgIpc) is 2.41. The molecule has 0 spiro atoms. The third-order valence-corrected chi connectivity index (χ3v) is 4.22. The molecule has 0 saturated carbocycles. The molecule has 94 valence electrons. The summed E-state index contributed by atoms with van der Waals surface area (Å²) in [6.07, 6.45) is 0. The Morgan fingerprint density at radius 1 is 1.24 bits per heavy atom. The van der Waals surface area contributed by atoms with Gasteiger partial charge in [0.25, 0.3) is 0 Å². The zero-order valence-corrected chi connectivity index (χ0v) is 11.4. The van der Waals surface area contributed by atoms with Crippen molar-refractivity contribution in [1.29, 1.82) is 0 Å². The second-order valence-corrected chi connectivity index (χ2v) is 5.77. The van der Waals surface area contributed by atoms with Gasteiger partial charge >= 0.3 is 0 Å². The van der Waals surface area contributed by atoms with Gasteiger partial charge in [-0.2, -0.15) is 11.8 Å². The zero-order chi connectivity index (χ0) is 11.9. The molecule has 1 atom stereocenters. The fourth-order valence-electron chi connectivity index (χ4n) is 2.12. The van der Waals surface area contributed by atoms with Crippen LogP contribution < -0.4 is 5.32 Å². The number of benzene rings is 1. The Morgan fingerprint density at radius 2 is 1.94 bits per heavy atom. The van der Waals surface area contributed by atoms with E-state index >= 15 is 0 Å². The molecular weight excluding hydrogens is 228 g/mol. The van der Waals surface area contributed by atoms with E-state index in [1.54, 1.807) is 0 Å².